The van der Waals surface area contributed by atoms with Gasteiger partial charge in [-0.3, -0.25) is 4.90 Å². The van der Waals surface area contributed by atoms with Gasteiger partial charge in [0.1, 0.15) is 41.7 Å². The Balaban J connectivity index is 1.27. The normalized spacial score (nSPS) is 26.4. The molecule has 4 saturated heterocycles. The SMILES string of the molecule is C#Cc1c(F)ccc2cc(O)cc(-c3nc4nc(OC[C@@]56CCCN5C[C@H](F)C6)nc(N5CC6CCC(C5)N6)c4cc3F)c12. The number of alkyl halides is 1. The molecule has 8 rings (SSSR count). The van der Waals surface area contributed by atoms with Gasteiger partial charge in [-0.05, 0) is 61.9 Å². The number of aromatic hydroxyl groups is 1. The first-order valence-electron chi connectivity index (χ1n) is 15.1. The van der Waals surface area contributed by atoms with Gasteiger partial charge in [-0.2, -0.15) is 9.97 Å². The van der Waals surface area contributed by atoms with Crippen molar-refractivity contribution in [3.05, 3.63) is 47.5 Å². The van der Waals surface area contributed by atoms with Gasteiger partial charge < -0.3 is 20.1 Å². The van der Waals surface area contributed by atoms with Crippen LogP contribution in [0.2, 0.25) is 0 Å². The molecule has 4 aliphatic heterocycles. The lowest BCUT2D eigenvalue weighted by molar-refractivity contribution is 0.107. The molecule has 2 N–H and O–H groups in total. The van der Waals surface area contributed by atoms with Crippen molar-refractivity contribution >= 4 is 27.6 Å². The van der Waals surface area contributed by atoms with E-state index in [2.05, 4.69) is 31.0 Å². The van der Waals surface area contributed by atoms with Gasteiger partial charge in [-0.1, -0.05) is 12.0 Å². The molecule has 0 radical (unpaired) electrons. The second kappa shape index (κ2) is 10.2. The molecule has 4 atom stereocenters. The second-order valence-electron chi connectivity index (χ2n) is 12.6. The molecule has 44 heavy (non-hydrogen) atoms. The van der Waals surface area contributed by atoms with Gasteiger partial charge in [0, 0.05) is 49.1 Å². The number of hydrogen-bond acceptors (Lipinski definition) is 8. The summed E-state index contributed by atoms with van der Waals surface area (Å²) in [6.07, 6.45) is 9.08. The Bertz CT molecular complexity index is 1850. The third-order valence-corrected chi connectivity index (χ3v) is 9.80. The number of piperazine rings is 1. The molecule has 2 aromatic carbocycles. The quantitative estimate of drug-likeness (QED) is 0.319. The molecule has 0 spiro atoms. The smallest absolute Gasteiger partial charge is 0.320 e. The first-order chi connectivity index (χ1) is 21.3. The number of benzene rings is 2. The minimum Gasteiger partial charge on any atom is -0.508 e. The van der Waals surface area contributed by atoms with E-state index in [-0.39, 0.29) is 46.2 Å². The van der Waals surface area contributed by atoms with Gasteiger partial charge in [-0.15, -0.1) is 6.42 Å². The van der Waals surface area contributed by atoms with E-state index >= 15 is 4.39 Å². The molecule has 4 aromatic rings. The van der Waals surface area contributed by atoms with Gasteiger partial charge in [-0.25, -0.2) is 18.2 Å². The van der Waals surface area contributed by atoms with E-state index in [1.165, 1.54) is 30.3 Å². The fourth-order valence-electron chi connectivity index (χ4n) is 7.86. The molecule has 226 valence electrons. The van der Waals surface area contributed by atoms with Gasteiger partial charge in [0.2, 0.25) is 0 Å². The number of rotatable bonds is 5. The lowest BCUT2D eigenvalue weighted by atomic mass is 9.95. The summed E-state index contributed by atoms with van der Waals surface area (Å²) in [4.78, 5) is 18.3. The summed E-state index contributed by atoms with van der Waals surface area (Å²) >= 11 is 0. The zero-order chi connectivity index (χ0) is 30.2. The van der Waals surface area contributed by atoms with E-state index < -0.39 is 23.3 Å². The lowest BCUT2D eigenvalue weighted by Gasteiger charge is -2.34. The number of hydrogen-bond donors (Lipinski definition) is 2. The van der Waals surface area contributed by atoms with Crippen molar-refractivity contribution in [1.82, 2.24) is 25.2 Å². The Morgan fingerprint density at radius 2 is 1.89 bits per heavy atom. The summed E-state index contributed by atoms with van der Waals surface area (Å²) in [7, 11) is 0. The van der Waals surface area contributed by atoms with E-state index in [4.69, 9.17) is 16.1 Å². The molecule has 11 heteroatoms. The maximum atomic E-state index is 16.1. The van der Waals surface area contributed by atoms with Crippen LogP contribution in [-0.4, -0.2) is 81.5 Å². The molecular formula is C33H31F3N6O2. The number of terminal acetylenes is 1. The number of aromatic nitrogens is 3. The van der Waals surface area contributed by atoms with Crippen molar-refractivity contribution in [1.29, 1.82) is 0 Å². The predicted octanol–water partition coefficient (Wildman–Crippen LogP) is 4.71. The number of nitrogens with one attached hydrogen (secondary N) is 1. The maximum absolute atomic E-state index is 16.1. The van der Waals surface area contributed by atoms with Crippen LogP contribution in [0.25, 0.3) is 33.1 Å². The first-order valence-corrected chi connectivity index (χ1v) is 15.1. The molecule has 6 heterocycles. The summed E-state index contributed by atoms with van der Waals surface area (Å²) in [5.41, 5.74) is -0.240. The highest BCUT2D eigenvalue weighted by Gasteiger charge is 2.49. The van der Waals surface area contributed by atoms with Crippen molar-refractivity contribution in [2.45, 2.75) is 55.9 Å². The van der Waals surface area contributed by atoms with Gasteiger partial charge >= 0.3 is 6.01 Å². The Morgan fingerprint density at radius 1 is 1.07 bits per heavy atom. The number of fused-ring (bicyclic) bond motifs is 5. The van der Waals surface area contributed by atoms with Crippen LogP contribution in [0.1, 0.15) is 37.7 Å². The Labute approximate surface area is 252 Å². The van der Waals surface area contributed by atoms with Crippen molar-refractivity contribution in [2.24, 2.45) is 0 Å². The molecule has 0 saturated carbocycles. The van der Waals surface area contributed by atoms with E-state index in [9.17, 15) is 13.9 Å². The minimum atomic E-state index is -0.898. The van der Waals surface area contributed by atoms with E-state index in [0.29, 0.717) is 54.7 Å². The topological polar surface area (TPSA) is 86.6 Å². The van der Waals surface area contributed by atoms with Crippen LogP contribution in [0.5, 0.6) is 11.8 Å². The average molecular weight is 601 g/mol. The number of halogens is 3. The molecule has 2 aromatic heterocycles. The highest BCUT2D eigenvalue weighted by Crippen LogP contribution is 2.41. The number of anilines is 1. The summed E-state index contributed by atoms with van der Waals surface area (Å²) in [6.45, 7) is 2.85. The third kappa shape index (κ3) is 4.42. The number of nitrogens with zero attached hydrogens (tertiary/aromatic N) is 5. The van der Waals surface area contributed by atoms with Crippen LogP contribution in [0, 0.1) is 24.0 Å². The average Bonchev–Trinajstić information content (AvgIpc) is 3.65. The number of phenolic OH excluding ortho intramolecular Hbond substituents is 1. The van der Waals surface area contributed by atoms with Crippen LogP contribution >= 0.6 is 0 Å². The summed E-state index contributed by atoms with van der Waals surface area (Å²) in [6, 6.07) is 7.48. The largest absolute Gasteiger partial charge is 0.508 e. The molecule has 4 aliphatic rings. The van der Waals surface area contributed by atoms with Crippen molar-refractivity contribution in [3.8, 4) is 35.4 Å². The summed E-state index contributed by atoms with van der Waals surface area (Å²) in [5, 5.41) is 15.2. The Kier molecular flexibility index (Phi) is 6.36. The molecule has 2 bridgehead atoms. The molecule has 8 nitrogen and oxygen atoms in total. The van der Waals surface area contributed by atoms with Crippen LogP contribution in [0.15, 0.2) is 30.3 Å². The van der Waals surface area contributed by atoms with Crippen LogP contribution in [0.4, 0.5) is 19.0 Å². The van der Waals surface area contributed by atoms with Gasteiger partial charge in [0.15, 0.2) is 5.65 Å². The number of ether oxygens (including phenoxy) is 1. The van der Waals surface area contributed by atoms with Crippen molar-refractivity contribution in [2.75, 3.05) is 37.7 Å². The molecule has 0 aliphatic carbocycles. The van der Waals surface area contributed by atoms with E-state index in [1.54, 1.807) is 0 Å². The third-order valence-electron chi connectivity index (χ3n) is 9.80. The predicted molar refractivity (Wildman–Crippen MR) is 160 cm³/mol. The van der Waals surface area contributed by atoms with E-state index in [0.717, 1.165) is 32.2 Å². The van der Waals surface area contributed by atoms with Gasteiger partial charge in [0.05, 0.1) is 16.5 Å². The Morgan fingerprint density at radius 3 is 2.68 bits per heavy atom. The lowest BCUT2D eigenvalue weighted by Crippen LogP contribution is -2.51. The standard InChI is InChI=1S/C33H31F3N6O2/c1-2-23-26(35)7-4-18-10-22(43)11-24(28(18)23)29-27(36)12-25-30(38-29)39-32(40-31(25)41-15-20-5-6-21(16-41)37-20)44-17-33-8-3-9-42(33)14-19(34)13-33/h1,4,7,10-12,19-21,37,43H,3,5-6,8-9,13-17H2/t19-,20?,21?,33+/m1/s1. The molecule has 0 amide bonds. The first kappa shape index (κ1) is 27.4. The second-order valence-corrected chi connectivity index (χ2v) is 12.6. The van der Waals surface area contributed by atoms with E-state index in [1.807, 2.05) is 0 Å². The monoisotopic (exact) mass is 600 g/mol. The molecule has 4 fully saturated rings. The molecule has 2 unspecified atom stereocenters. The highest BCUT2D eigenvalue weighted by atomic mass is 19.1. The number of phenols is 1. The number of pyridine rings is 1. The molecular weight excluding hydrogens is 569 g/mol. The zero-order valence-electron chi connectivity index (χ0n) is 24.0. The Hall–Kier alpha value is -4.14. The fraction of sp³-hybridized carbons (Fsp3) is 0.424. The summed E-state index contributed by atoms with van der Waals surface area (Å²) in [5.74, 6) is 1.43. The highest BCUT2D eigenvalue weighted by molar-refractivity contribution is 6.02. The summed E-state index contributed by atoms with van der Waals surface area (Å²) < 4.78 is 51.6. The van der Waals surface area contributed by atoms with Crippen LogP contribution in [0.3, 0.4) is 0 Å². The zero-order valence-corrected chi connectivity index (χ0v) is 24.0. The minimum absolute atomic E-state index is 0.0504. The maximum Gasteiger partial charge on any atom is 0.320 e. The fourth-order valence-corrected chi connectivity index (χ4v) is 7.86. The van der Waals surface area contributed by atoms with Crippen molar-refractivity contribution < 1.29 is 23.0 Å². The van der Waals surface area contributed by atoms with Crippen molar-refractivity contribution in [3.63, 3.8) is 0 Å². The van der Waals surface area contributed by atoms with Crippen LogP contribution < -0.4 is 15.0 Å². The van der Waals surface area contributed by atoms with Crippen LogP contribution in [-0.2, 0) is 0 Å². The van der Waals surface area contributed by atoms with Gasteiger partial charge in [0.25, 0.3) is 0 Å².